The number of rotatable bonds is 35. The second kappa shape index (κ2) is 32.9. The summed E-state index contributed by atoms with van der Waals surface area (Å²) in [5, 5.41) is 18.1. The topological polar surface area (TPSA) is 112 Å². The standard InChI is InChI=1S/C14H25O7.3C8H17.O.2Sn/c1-9(4-6-20-13(16)17)11(3)8-12(15)10(2)5-7-21-14(18)19;3*1-3-5-7-8-6-4-2;;;/h9-12H,4-8H2,1-3H3,(H,16,17)(H,18,19);3*1,3-8H2,2H3;;;/q-1;;;;;;+1. The number of hydrogen-bond acceptors (Lipinski definition) is 6. The third-order valence-electron chi connectivity index (χ3n) is 9.89. The fourth-order valence-corrected chi connectivity index (χ4v) is 29.4. The molecule has 0 amide bonds. The fraction of sp³-hybridized carbons (Fsp3) is 0.947. The first-order chi connectivity index (χ1) is 23.1. The molecule has 0 rings (SSSR count). The van der Waals surface area contributed by atoms with Crippen molar-refractivity contribution in [2.45, 2.75) is 196 Å². The van der Waals surface area contributed by atoms with Crippen molar-refractivity contribution in [3.63, 3.8) is 0 Å². The van der Waals surface area contributed by atoms with E-state index in [-0.39, 0.29) is 31.2 Å². The molecule has 0 fully saturated rings. The van der Waals surface area contributed by atoms with Crippen LogP contribution in [0, 0.1) is 17.8 Å². The molecule has 10 heteroatoms. The average Bonchev–Trinajstić information content (AvgIpc) is 3.04. The van der Waals surface area contributed by atoms with E-state index >= 15 is 0 Å². The molecule has 0 aromatic heterocycles. The fourth-order valence-electron chi connectivity index (χ4n) is 6.28. The number of ether oxygens (including phenoxy) is 2. The quantitative estimate of drug-likeness (QED) is 0.0368. The van der Waals surface area contributed by atoms with E-state index in [4.69, 9.17) is 24.2 Å². The van der Waals surface area contributed by atoms with E-state index < -0.39 is 53.1 Å². The van der Waals surface area contributed by atoms with Gasteiger partial charge in [-0.15, -0.1) is 0 Å². The van der Waals surface area contributed by atoms with Crippen LogP contribution in [-0.4, -0.2) is 82.6 Å². The Balaban J connectivity index is 6.02. The van der Waals surface area contributed by atoms with Crippen LogP contribution in [0.5, 0.6) is 0 Å². The first kappa shape index (κ1) is 48.1. The van der Waals surface area contributed by atoms with Crippen LogP contribution < -0.4 is 0 Å². The Labute approximate surface area is 311 Å². The molecule has 284 valence electrons. The second-order valence-corrected chi connectivity index (χ2v) is 29.8. The van der Waals surface area contributed by atoms with Gasteiger partial charge < -0.3 is 0 Å². The van der Waals surface area contributed by atoms with E-state index in [1.165, 1.54) is 120 Å². The molecule has 2 radical (unpaired) electrons. The van der Waals surface area contributed by atoms with Crippen LogP contribution >= 0.6 is 0 Å². The molecule has 0 aromatic carbocycles. The van der Waals surface area contributed by atoms with Crippen molar-refractivity contribution in [2.75, 3.05) is 13.2 Å². The van der Waals surface area contributed by atoms with Gasteiger partial charge in [-0.3, -0.25) is 0 Å². The average molecular weight is 898 g/mol. The van der Waals surface area contributed by atoms with Crippen molar-refractivity contribution < 1.29 is 33.8 Å². The summed E-state index contributed by atoms with van der Waals surface area (Å²) in [5.74, 6) is 0.696. The van der Waals surface area contributed by atoms with Gasteiger partial charge in [0.2, 0.25) is 0 Å². The summed E-state index contributed by atoms with van der Waals surface area (Å²) < 4.78 is 28.1. The van der Waals surface area contributed by atoms with Gasteiger partial charge in [0.25, 0.3) is 0 Å². The van der Waals surface area contributed by atoms with E-state index in [0.29, 0.717) is 18.8 Å². The molecule has 2 N–H and O–H groups in total. The van der Waals surface area contributed by atoms with Gasteiger partial charge in [0.15, 0.2) is 0 Å². The minimum absolute atomic E-state index is 0.0235. The summed E-state index contributed by atoms with van der Waals surface area (Å²) in [7, 11) is 0. The van der Waals surface area contributed by atoms with Gasteiger partial charge in [-0.25, -0.2) is 0 Å². The van der Waals surface area contributed by atoms with Gasteiger partial charge >= 0.3 is 314 Å². The van der Waals surface area contributed by atoms with Crippen molar-refractivity contribution >= 4 is 53.1 Å². The Bertz CT molecular complexity index is 740. The molecule has 8 nitrogen and oxygen atoms in total. The Hall–Kier alpha value is 0.0574. The van der Waals surface area contributed by atoms with Crippen molar-refractivity contribution in [3.8, 4) is 0 Å². The van der Waals surface area contributed by atoms with Crippen molar-refractivity contribution in [3.05, 3.63) is 0 Å². The molecule has 4 atom stereocenters. The normalized spacial score (nSPS) is 14.4. The van der Waals surface area contributed by atoms with Crippen LogP contribution in [0.1, 0.15) is 176 Å². The van der Waals surface area contributed by atoms with Gasteiger partial charge in [-0.2, -0.15) is 0 Å². The number of unbranched alkanes of at least 4 members (excludes halogenated alkanes) is 15. The van der Waals surface area contributed by atoms with E-state index in [1.54, 1.807) is 0 Å². The first-order valence-electron chi connectivity index (χ1n) is 19.9. The van der Waals surface area contributed by atoms with Crippen LogP contribution in [0.4, 0.5) is 9.59 Å². The molecule has 0 bridgehead atoms. The summed E-state index contributed by atoms with van der Waals surface area (Å²) >= 11 is -4.54. The second-order valence-electron chi connectivity index (χ2n) is 14.3. The van der Waals surface area contributed by atoms with Crippen LogP contribution in [-0.2, 0) is 14.0 Å². The molecule has 0 aliphatic carbocycles. The molecule has 0 saturated heterocycles. The van der Waals surface area contributed by atoms with Crippen molar-refractivity contribution in [1.29, 1.82) is 0 Å². The van der Waals surface area contributed by atoms with E-state index in [9.17, 15) is 9.59 Å². The van der Waals surface area contributed by atoms with E-state index in [0.717, 1.165) is 15.3 Å². The number of carbonyl (C=O) groups is 2. The van der Waals surface area contributed by atoms with Gasteiger partial charge in [0, 0.05) is 0 Å². The van der Waals surface area contributed by atoms with Crippen LogP contribution in [0.25, 0.3) is 0 Å². The zero-order valence-corrected chi connectivity index (χ0v) is 37.7. The molecule has 0 saturated carbocycles. The predicted octanol–water partition coefficient (Wildman–Crippen LogP) is 12.4. The third kappa shape index (κ3) is 27.7. The van der Waals surface area contributed by atoms with Crippen LogP contribution in [0.2, 0.25) is 13.3 Å². The maximum absolute atomic E-state index is 11.2. The van der Waals surface area contributed by atoms with Gasteiger partial charge in [-0.05, 0) is 0 Å². The summed E-state index contributed by atoms with van der Waals surface area (Å²) in [5.41, 5.74) is 0. The summed E-state index contributed by atoms with van der Waals surface area (Å²) in [6.45, 7) is 13.7. The van der Waals surface area contributed by atoms with Gasteiger partial charge in [0.1, 0.15) is 0 Å². The van der Waals surface area contributed by atoms with Gasteiger partial charge in [0.05, 0.1) is 0 Å². The first-order valence-corrected chi connectivity index (χ1v) is 29.5. The Morgan fingerprint density at radius 3 is 1.46 bits per heavy atom. The molecular weight excluding hydrogens is 822 g/mol. The Morgan fingerprint density at radius 2 is 1.00 bits per heavy atom. The Morgan fingerprint density at radius 1 is 0.583 bits per heavy atom. The van der Waals surface area contributed by atoms with E-state index in [1.807, 2.05) is 0 Å². The summed E-state index contributed by atoms with van der Waals surface area (Å²) in [6.07, 6.45) is 22.7. The zero-order chi connectivity index (χ0) is 35.9. The molecule has 0 aromatic rings. The molecule has 0 aliphatic heterocycles. The molecule has 0 heterocycles. The van der Waals surface area contributed by atoms with Crippen LogP contribution in [0.3, 0.4) is 0 Å². The number of hydrogen-bond donors (Lipinski definition) is 2. The Kier molecular flexibility index (Phi) is 33.0. The predicted molar refractivity (Wildman–Crippen MR) is 201 cm³/mol. The monoisotopic (exact) mass is 900 g/mol. The third-order valence-corrected chi connectivity index (χ3v) is 31.3. The SMILES string of the molecule is CCCCCCC[CH2][Sn][O][Sn]([CH2]CCCCCCC)([CH2]CCCCCCC)[O]C(CC(C)C(C)CCOC(=O)O)C(C)CCOC(=O)O. The summed E-state index contributed by atoms with van der Waals surface area (Å²) in [6, 6.07) is 0. The van der Waals surface area contributed by atoms with Gasteiger partial charge in [-0.1, -0.05) is 0 Å². The number of carboxylic acid groups (broad SMARTS) is 2. The maximum atomic E-state index is 11.2. The zero-order valence-electron chi connectivity index (χ0n) is 32.0. The van der Waals surface area contributed by atoms with E-state index in [2.05, 4.69) is 41.5 Å². The molecule has 0 aliphatic rings. The molecule has 0 spiro atoms. The van der Waals surface area contributed by atoms with Crippen LogP contribution in [0.15, 0.2) is 0 Å². The molecule has 48 heavy (non-hydrogen) atoms. The minimum atomic E-state index is -3.52. The van der Waals surface area contributed by atoms with Crippen molar-refractivity contribution in [2.24, 2.45) is 17.8 Å². The summed E-state index contributed by atoms with van der Waals surface area (Å²) in [4.78, 5) is 22.1. The molecular formula is C38H76O8Sn2. The molecule has 4 unspecified atom stereocenters. The van der Waals surface area contributed by atoms with Crippen molar-refractivity contribution in [1.82, 2.24) is 0 Å².